The molecular weight excluding hydrogens is 258 g/mol. The average Bonchev–Trinajstić information content (AvgIpc) is 2.56. The highest BCUT2D eigenvalue weighted by Crippen LogP contribution is 2.39. The molecule has 0 amide bonds. The van der Waals surface area contributed by atoms with Crippen molar-refractivity contribution in [1.29, 1.82) is 0 Å². The van der Waals surface area contributed by atoms with E-state index in [2.05, 4.69) is 49.9 Å². The van der Waals surface area contributed by atoms with E-state index in [1.165, 1.54) is 19.3 Å². The lowest BCUT2D eigenvalue weighted by Gasteiger charge is -2.28. The van der Waals surface area contributed by atoms with E-state index in [-0.39, 0.29) is 5.41 Å². The van der Waals surface area contributed by atoms with Gasteiger partial charge < -0.3 is 5.32 Å². The molecule has 1 atom stereocenters. The van der Waals surface area contributed by atoms with Gasteiger partial charge in [0.15, 0.2) is 0 Å². The van der Waals surface area contributed by atoms with Crippen LogP contribution in [0.4, 0.5) is 5.82 Å². The van der Waals surface area contributed by atoms with Crippen LogP contribution in [0.25, 0.3) is 0 Å². The van der Waals surface area contributed by atoms with Crippen LogP contribution in [0.2, 0.25) is 5.15 Å². The van der Waals surface area contributed by atoms with E-state index in [4.69, 9.17) is 11.6 Å². The van der Waals surface area contributed by atoms with E-state index in [0.29, 0.717) is 16.6 Å². The number of hydrogen-bond donors (Lipinski definition) is 1. The average molecular weight is 282 g/mol. The Balaban J connectivity index is 2.24. The van der Waals surface area contributed by atoms with Crippen LogP contribution in [-0.2, 0) is 5.41 Å². The van der Waals surface area contributed by atoms with Crippen LogP contribution >= 0.6 is 11.6 Å². The molecule has 0 bridgehead atoms. The summed E-state index contributed by atoms with van der Waals surface area (Å²) in [5.41, 5.74) is 0.228. The van der Waals surface area contributed by atoms with E-state index < -0.39 is 0 Å². The fraction of sp³-hybridized carbons (Fsp3) is 0.733. The first-order valence-corrected chi connectivity index (χ1v) is 7.38. The molecule has 0 aliphatic heterocycles. The smallest absolute Gasteiger partial charge is 0.137 e. The highest BCUT2D eigenvalue weighted by atomic mass is 35.5. The van der Waals surface area contributed by atoms with Crippen molar-refractivity contribution in [2.24, 2.45) is 5.41 Å². The van der Waals surface area contributed by atoms with Crippen LogP contribution in [0.15, 0.2) is 6.07 Å². The van der Waals surface area contributed by atoms with Crippen molar-refractivity contribution in [3.63, 3.8) is 0 Å². The third kappa shape index (κ3) is 3.38. The van der Waals surface area contributed by atoms with Crippen LogP contribution in [0.3, 0.4) is 0 Å². The van der Waals surface area contributed by atoms with Gasteiger partial charge in [-0.2, -0.15) is 0 Å². The summed E-state index contributed by atoms with van der Waals surface area (Å²) < 4.78 is 0. The van der Waals surface area contributed by atoms with Crippen molar-refractivity contribution < 1.29 is 0 Å². The van der Waals surface area contributed by atoms with E-state index in [1.807, 2.05) is 6.07 Å². The van der Waals surface area contributed by atoms with Gasteiger partial charge in [-0.3, -0.25) is 0 Å². The number of halogens is 1. The molecule has 3 nitrogen and oxygen atoms in total. The van der Waals surface area contributed by atoms with Crippen LogP contribution in [0, 0.1) is 5.41 Å². The Kier molecular flexibility index (Phi) is 3.78. The second kappa shape index (κ2) is 4.93. The SMILES string of the molecule is CC(C)(C)c1nc(Cl)cc(NC2CCCC2(C)C)n1. The van der Waals surface area contributed by atoms with Gasteiger partial charge in [-0.15, -0.1) is 0 Å². The zero-order valence-electron chi connectivity index (χ0n) is 12.5. The van der Waals surface area contributed by atoms with Gasteiger partial charge in [0.25, 0.3) is 0 Å². The third-order valence-electron chi connectivity index (χ3n) is 3.95. The number of hydrogen-bond acceptors (Lipinski definition) is 3. The van der Waals surface area contributed by atoms with Crippen molar-refractivity contribution in [3.05, 3.63) is 17.0 Å². The van der Waals surface area contributed by atoms with Crippen LogP contribution in [0.1, 0.15) is 59.7 Å². The van der Waals surface area contributed by atoms with Gasteiger partial charge in [-0.25, -0.2) is 9.97 Å². The first kappa shape index (κ1) is 14.6. The molecule has 0 saturated heterocycles. The summed E-state index contributed by atoms with van der Waals surface area (Å²) in [4.78, 5) is 8.96. The van der Waals surface area contributed by atoms with Crippen molar-refractivity contribution in [1.82, 2.24) is 9.97 Å². The van der Waals surface area contributed by atoms with Crippen LogP contribution in [-0.4, -0.2) is 16.0 Å². The van der Waals surface area contributed by atoms with E-state index in [1.54, 1.807) is 0 Å². The Morgan fingerprint density at radius 3 is 2.53 bits per heavy atom. The van der Waals surface area contributed by atoms with Gasteiger partial charge in [0, 0.05) is 17.5 Å². The summed E-state index contributed by atoms with van der Waals surface area (Å²) in [6.07, 6.45) is 3.73. The quantitative estimate of drug-likeness (QED) is 0.816. The molecule has 0 radical (unpaired) electrons. The summed E-state index contributed by atoms with van der Waals surface area (Å²) in [6, 6.07) is 2.29. The maximum Gasteiger partial charge on any atom is 0.137 e. The van der Waals surface area contributed by atoms with Crippen molar-refractivity contribution in [2.75, 3.05) is 5.32 Å². The van der Waals surface area contributed by atoms with Gasteiger partial charge in [0.2, 0.25) is 0 Å². The molecule has 1 aliphatic rings. The highest BCUT2D eigenvalue weighted by molar-refractivity contribution is 6.29. The monoisotopic (exact) mass is 281 g/mol. The van der Waals surface area contributed by atoms with Crippen molar-refractivity contribution in [3.8, 4) is 0 Å². The first-order chi connectivity index (χ1) is 8.68. The first-order valence-electron chi connectivity index (χ1n) is 7.00. The predicted octanol–water partition coefficient (Wildman–Crippen LogP) is 4.42. The number of anilines is 1. The maximum absolute atomic E-state index is 6.12. The van der Waals surface area contributed by atoms with E-state index in [9.17, 15) is 0 Å². The molecule has 2 rings (SSSR count). The zero-order valence-corrected chi connectivity index (χ0v) is 13.3. The van der Waals surface area contributed by atoms with E-state index in [0.717, 1.165) is 11.6 Å². The van der Waals surface area contributed by atoms with Crippen molar-refractivity contribution in [2.45, 2.75) is 65.3 Å². The molecule has 1 unspecified atom stereocenters. The lowest BCUT2D eigenvalue weighted by atomic mass is 9.87. The molecule has 1 N–H and O–H groups in total. The number of rotatable bonds is 2. The number of nitrogens with one attached hydrogen (secondary N) is 1. The summed E-state index contributed by atoms with van der Waals surface area (Å²) >= 11 is 6.12. The Hall–Kier alpha value is -0.830. The summed E-state index contributed by atoms with van der Waals surface area (Å²) in [6.45, 7) is 10.9. The minimum Gasteiger partial charge on any atom is -0.367 e. The van der Waals surface area contributed by atoms with Gasteiger partial charge in [-0.05, 0) is 18.3 Å². The Morgan fingerprint density at radius 2 is 2.00 bits per heavy atom. The van der Waals surface area contributed by atoms with Gasteiger partial charge >= 0.3 is 0 Å². The fourth-order valence-corrected chi connectivity index (χ4v) is 2.78. The molecule has 19 heavy (non-hydrogen) atoms. The maximum atomic E-state index is 6.12. The molecule has 1 heterocycles. The van der Waals surface area contributed by atoms with Gasteiger partial charge in [0.05, 0.1) is 0 Å². The van der Waals surface area contributed by atoms with Gasteiger partial charge in [-0.1, -0.05) is 52.6 Å². The molecule has 4 heteroatoms. The molecule has 0 aromatic carbocycles. The number of aromatic nitrogens is 2. The summed E-state index contributed by atoms with van der Waals surface area (Å²) in [7, 11) is 0. The predicted molar refractivity (Wildman–Crippen MR) is 80.8 cm³/mol. The minimum atomic E-state index is -0.0908. The molecule has 1 saturated carbocycles. The zero-order chi connectivity index (χ0) is 14.3. The number of nitrogens with zero attached hydrogens (tertiary/aromatic N) is 2. The fourth-order valence-electron chi connectivity index (χ4n) is 2.60. The Labute approximate surface area is 121 Å². The largest absolute Gasteiger partial charge is 0.367 e. The molecule has 1 aromatic heterocycles. The van der Waals surface area contributed by atoms with Crippen molar-refractivity contribution >= 4 is 17.4 Å². The molecule has 0 spiro atoms. The molecule has 1 aromatic rings. The Bertz CT molecular complexity index is 463. The lowest BCUT2D eigenvalue weighted by Crippen LogP contribution is -2.31. The highest BCUT2D eigenvalue weighted by Gasteiger charge is 2.34. The Morgan fingerprint density at radius 1 is 1.32 bits per heavy atom. The standard InChI is InChI=1S/C15H24ClN3/c1-14(2,3)13-18-11(16)9-12(19-13)17-10-7-6-8-15(10,4)5/h9-10H,6-8H2,1-5H3,(H,17,18,19). The molecule has 1 fully saturated rings. The van der Waals surface area contributed by atoms with Crippen LogP contribution in [0.5, 0.6) is 0 Å². The molecule has 1 aliphatic carbocycles. The van der Waals surface area contributed by atoms with Gasteiger partial charge in [0.1, 0.15) is 16.8 Å². The topological polar surface area (TPSA) is 37.8 Å². The summed E-state index contributed by atoms with van der Waals surface area (Å²) in [5.74, 6) is 1.64. The second-order valence-electron chi connectivity index (χ2n) is 7.23. The molecule has 106 valence electrons. The second-order valence-corrected chi connectivity index (χ2v) is 7.61. The van der Waals surface area contributed by atoms with Crippen LogP contribution < -0.4 is 5.32 Å². The lowest BCUT2D eigenvalue weighted by molar-refractivity contribution is 0.349. The minimum absolute atomic E-state index is 0.0908. The summed E-state index contributed by atoms with van der Waals surface area (Å²) in [5, 5.41) is 4.06. The third-order valence-corrected chi connectivity index (χ3v) is 4.14. The molecular formula is C15H24ClN3. The normalized spacial score (nSPS) is 22.5. The van der Waals surface area contributed by atoms with E-state index >= 15 is 0 Å².